The summed E-state index contributed by atoms with van der Waals surface area (Å²) in [6.07, 6.45) is 13.2. The summed E-state index contributed by atoms with van der Waals surface area (Å²) in [5.74, 6) is 0. The molecule has 44 heavy (non-hydrogen) atoms. The Balaban J connectivity index is 0.000000182. The zero-order chi connectivity index (χ0) is 28.7. The van der Waals surface area contributed by atoms with Gasteiger partial charge in [-0.25, -0.2) is 35.4 Å². The third kappa shape index (κ3) is 10.4. The molecule has 1 atom stereocenters. The van der Waals surface area contributed by atoms with E-state index < -0.39 is 0 Å². The molecule has 6 heteroatoms. The first-order valence-electron chi connectivity index (χ1n) is 13.5. The molecule has 0 spiro atoms. The molecule has 4 heterocycles. The Labute approximate surface area is 286 Å². The number of hydrogen-bond donors (Lipinski definition) is 0. The Hall–Kier alpha value is -4.31. The van der Waals surface area contributed by atoms with Crippen LogP contribution in [-0.2, 0) is 40.2 Å². The van der Waals surface area contributed by atoms with E-state index in [-0.39, 0.29) is 46.3 Å². The van der Waals surface area contributed by atoms with Crippen molar-refractivity contribution in [2.75, 3.05) is 0 Å². The van der Waals surface area contributed by atoms with E-state index in [1.165, 1.54) is 0 Å². The van der Waals surface area contributed by atoms with Gasteiger partial charge in [-0.1, -0.05) is 72.1 Å². The van der Waals surface area contributed by atoms with Gasteiger partial charge in [-0.3, -0.25) is 0 Å². The fourth-order valence-corrected chi connectivity index (χ4v) is 3.98. The Morgan fingerprint density at radius 1 is 0.523 bits per heavy atom. The summed E-state index contributed by atoms with van der Waals surface area (Å²) in [6.45, 7) is 0. The van der Waals surface area contributed by atoms with Crippen molar-refractivity contribution in [2.24, 2.45) is 0 Å². The minimum Gasteiger partial charge on any atom is -0.683 e. The van der Waals surface area contributed by atoms with E-state index in [2.05, 4.69) is 50.6 Å². The summed E-state index contributed by atoms with van der Waals surface area (Å²) in [5, 5.41) is 4.30. The van der Waals surface area contributed by atoms with Crippen LogP contribution in [0.25, 0.3) is 39.1 Å². The Morgan fingerprint density at radius 2 is 1.05 bits per heavy atom. The van der Waals surface area contributed by atoms with Crippen molar-refractivity contribution < 1.29 is 40.2 Å². The maximum absolute atomic E-state index is 4.30. The first-order valence-corrected chi connectivity index (χ1v) is 13.5. The molecule has 1 aliphatic rings. The molecule has 3 aromatic heterocycles. The summed E-state index contributed by atoms with van der Waals surface area (Å²) < 4.78 is 0. The van der Waals surface area contributed by atoms with Gasteiger partial charge in [-0.15, -0.1) is 35.9 Å². The van der Waals surface area contributed by atoms with Gasteiger partial charge >= 0.3 is 20.1 Å². The fourth-order valence-electron chi connectivity index (χ4n) is 3.98. The van der Waals surface area contributed by atoms with Crippen LogP contribution in [0.15, 0.2) is 158 Å². The number of nitrogens with zero attached hydrogens (tertiary/aromatic N) is 4. The number of rotatable bonds is 4. The van der Waals surface area contributed by atoms with Crippen molar-refractivity contribution in [3.05, 3.63) is 193 Å². The van der Waals surface area contributed by atoms with Gasteiger partial charge in [0.1, 0.15) is 0 Å². The molecule has 4 nitrogen and oxygen atoms in total. The quantitative estimate of drug-likeness (QED) is 0.166. The zero-order valence-electron chi connectivity index (χ0n) is 23.5. The number of aromatic nitrogens is 3. The van der Waals surface area contributed by atoms with E-state index >= 15 is 0 Å². The molecule has 6 aromatic rings. The van der Waals surface area contributed by atoms with Gasteiger partial charge in [0.25, 0.3) is 0 Å². The first kappa shape index (κ1) is 34.2. The number of hydrogen-bond acceptors (Lipinski definition) is 3. The third-order valence-corrected chi connectivity index (χ3v) is 6.06. The molecule has 0 saturated carbocycles. The van der Waals surface area contributed by atoms with Crippen LogP contribution in [0.5, 0.6) is 0 Å². The molecule has 0 saturated heterocycles. The molecule has 0 aliphatic carbocycles. The monoisotopic (exact) mass is 925 g/mol. The van der Waals surface area contributed by atoms with Crippen LogP contribution in [0.4, 0.5) is 0 Å². The molecule has 3 aromatic carbocycles. The maximum atomic E-state index is 4.30. The topological polar surface area (TPSA) is 52.8 Å². The van der Waals surface area contributed by atoms with Crippen LogP contribution >= 0.6 is 0 Å². The normalized spacial score (nSPS) is 12.4. The zero-order valence-corrected chi connectivity index (χ0v) is 28.3. The van der Waals surface area contributed by atoms with Gasteiger partial charge in [0.2, 0.25) is 0 Å². The minimum atomic E-state index is 0. The molecule has 0 N–H and O–H groups in total. The average molecular weight is 924 g/mol. The predicted molar refractivity (Wildman–Crippen MR) is 169 cm³/mol. The molecule has 0 fully saturated rings. The largest absolute Gasteiger partial charge is 3.00 e. The molecule has 0 amide bonds. The molecule has 1 radical (unpaired) electrons. The molecular weight excluding hydrogens is 897 g/mol. The van der Waals surface area contributed by atoms with Crippen LogP contribution < -0.4 is 0 Å². The van der Waals surface area contributed by atoms with Crippen molar-refractivity contribution in [1.29, 1.82) is 0 Å². The smallest absolute Gasteiger partial charge is 0.683 e. The van der Waals surface area contributed by atoms with Crippen LogP contribution in [0, 0.1) is 24.3 Å². The Kier molecular flexibility index (Phi) is 14.8. The van der Waals surface area contributed by atoms with Gasteiger partial charge in [-0.05, 0) is 23.9 Å². The molecule has 0 bridgehead atoms. The fraction of sp³-hybridized carbons (Fsp3) is 0.0263. The van der Waals surface area contributed by atoms with E-state index in [9.17, 15) is 0 Å². The summed E-state index contributed by atoms with van der Waals surface area (Å²) in [5.41, 5.74) is 6.82. The second-order valence-corrected chi connectivity index (χ2v) is 8.96. The number of pyridine rings is 3. The van der Waals surface area contributed by atoms with E-state index in [1.807, 2.05) is 134 Å². The third-order valence-electron chi connectivity index (χ3n) is 6.06. The second-order valence-electron chi connectivity index (χ2n) is 8.96. The van der Waals surface area contributed by atoms with Gasteiger partial charge < -0.3 is 20.3 Å². The Morgan fingerprint density at radius 3 is 1.45 bits per heavy atom. The van der Waals surface area contributed by atoms with Crippen molar-refractivity contribution in [3.63, 3.8) is 0 Å². The van der Waals surface area contributed by atoms with Crippen molar-refractivity contribution >= 4 is 0 Å². The summed E-state index contributed by atoms with van der Waals surface area (Å²) in [4.78, 5) is 12.8. The SMILES string of the molecule is [Ir+3].[Ir].[c-]1cc(-c2ccccn2)[c-]cc1-c1ccccn1.[c-]1ccccc1-c1ccccn1.[c-]1ccccc1C1C=CC=C[N-]1. The molecule has 1 unspecified atom stereocenters. The van der Waals surface area contributed by atoms with Crippen LogP contribution in [-0.4, -0.2) is 15.0 Å². The minimum absolute atomic E-state index is 0. The van der Waals surface area contributed by atoms with Crippen molar-refractivity contribution in [2.45, 2.75) is 6.04 Å². The van der Waals surface area contributed by atoms with E-state index in [1.54, 1.807) is 18.6 Å². The van der Waals surface area contributed by atoms with Crippen LogP contribution in [0.2, 0.25) is 0 Å². The second kappa shape index (κ2) is 19.1. The molecule has 1 aliphatic heterocycles. The standard InChI is InChI=1S/C16H10N2.C11H9N.C11H8N.2Ir/c1-3-11-17-15(5-1)13-7-9-14(10-8-13)16-6-2-4-12-18-16;2*1-2-6-10(7-3-1)11-8-4-5-9-12-11;;/h1-7,10-12H;1-6,8-9,11H;1-6,8-9H;;/q2*-2;-1;;+3. The molecular formula is C38H27Ir2N4-2. The van der Waals surface area contributed by atoms with Crippen LogP contribution in [0.3, 0.4) is 0 Å². The van der Waals surface area contributed by atoms with Crippen LogP contribution in [0.1, 0.15) is 11.6 Å². The van der Waals surface area contributed by atoms with E-state index in [0.29, 0.717) is 0 Å². The summed E-state index contributed by atoms with van der Waals surface area (Å²) >= 11 is 0. The number of allylic oxidation sites excluding steroid dienone is 2. The average Bonchev–Trinajstić information content (AvgIpc) is 3.11. The summed E-state index contributed by atoms with van der Waals surface area (Å²) in [6, 6.07) is 49.9. The maximum Gasteiger partial charge on any atom is 3.00 e. The van der Waals surface area contributed by atoms with Gasteiger partial charge in [0, 0.05) is 38.7 Å². The summed E-state index contributed by atoms with van der Waals surface area (Å²) in [7, 11) is 0. The van der Waals surface area contributed by atoms with Crippen molar-refractivity contribution in [1.82, 2.24) is 15.0 Å². The first-order chi connectivity index (χ1) is 20.9. The number of benzene rings is 3. The predicted octanol–water partition coefficient (Wildman–Crippen LogP) is 8.94. The van der Waals surface area contributed by atoms with Gasteiger partial charge in [0.05, 0.1) is 0 Å². The molecule has 7 rings (SSSR count). The Bertz CT molecular complexity index is 1570. The van der Waals surface area contributed by atoms with Gasteiger partial charge in [-0.2, -0.15) is 42.1 Å². The van der Waals surface area contributed by atoms with Crippen molar-refractivity contribution in [3.8, 4) is 33.8 Å². The van der Waals surface area contributed by atoms with Gasteiger partial charge in [0.15, 0.2) is 0 Å². The van der Waals surface area contributed by atoms with E-state index in [4.69, 9.17) is 0 Å². The molecule has 219 valence electrons. The van der Waals surface area contributed by atoms with E-state index in [0.717, 1.165) is 39.3 Å².